The van der Waals surface area contributed by atoms with E-state index in [0.717, 1.165) is 10.9 Å². The summed E-state index contributed by atoms with van der Waals surface area (Å²) in [6, 6.07) is 7.50. The van der Waals surface area contributed by atoms with Crippen LogP contribution in [0, 0.1) is 0 Å². The largest absolute Gasteiger partial charge is 0.394 e. The average Bonchev–Trinajstić information content (AvgIpc) is 3.42. The second-order valence-electron chi connectivity index (χ2n) is 6.10. The van der Waals surface area contributed by atoms with Gasteiger partial charge >= 0.3 is 5.69 Å². The van der Waals surface area contributed by atoms with Gasteiger partial charge in [-0.05, 0) is 17.3 Å². The molecule has 0 unspecified atom stereocenters. The zero-order valence-electron chi connectivity index (χ0n) is 14.9. The second-order valence-corrected chi connectivity index (χ2v) is 6.10. The summed E-state index contributed by atoms with van der Waals surface area (Å²) in [6.07, 6.45) is 0. The van der Waals surface area contributed by atoms with Crippen LogP contribution in [0.25, 0.3) is 28.2 Å². The highest BCUT2D eigenvalue weighted by Gasteiger charge is 2.20. The Morgan fingerprint density at radius 3 is 2.39 bits per heavy atom. The van der Waals surface area contributed by atoms with Gasteiger partial charge in [0, 0.05) is 12.4 Å². The normalized spacial score (nSPS) is 11.6. The number of aromatic nitrogens is 8. The van der Waals surface area contributed by atoms with Crippen molar-refractivity contribution in [3.05, 3.63) is 34.7 Å². The summed E-state index contributed by atoms with van der Waals surface area (Å²) in [5.41, 5.74) is 4.93. The van der Waals surface area contributed by atoms with E-state index in [4.69, 9.17) is 21.1 Å². The number of benzene rings is 1. The number of aryl methyl sites for hydroxylation is 1. The zero-order chi connectivity index (χ0) is 20.3. The first kappa shape index (κ1) is 19.5. The summed E-state index contributed by atoms with van der Waals surface area (Å²) in [6.45, 7) is -1.21. The van der Waals surface area contributed by atoms with Gasteiger partial charge < -0.3 is 21.1 Å². The average molecular weight is 389 g/mol. The molecule has 6 N–H and O–H groups in total. The summed E-state index contributed by atoms with van der Waals surface area (Å²) in [4.78, 5) is 16.6. The van der Waals surface area contributed by atoms with Crippen molar-refractivity contribution in [2.45, 2.75) is 5.54 Å². The molecule has 0 aliphatic rings. The number of hydrogen-bond acceptors (Lipinski definition) is 10. The minimum absolute atomic E-state index is 0.250. The first-order chi connectivity index (χ1) is 13.4. The molecule has 13 nitrogen and oxygen atoms in total. The van der Waals surface area contributed by atoms with E-state index in [2.05, 4.69) is 30.7 Å². The fourth-order valence-corrected chi connectivity index (χ4v) is 2.32. The van der Waals surface area contributed by atoms with Gasteiger partial charge in [-0.2, -0.15) is 9.73 Å². The SMILES string of the molecule is Cn1c(=O)n2nc(-c3nn[nH]n3)nc2c2ccccc21.NC(CO)(CO)CO. The van der Waals surface area contributed by atoms with Gasteiger partial charge in [-0.15, -0.1) is 15.3 Å². The molecule has 0 atom stereocenters. The van der Waals surface area contributed by atoms with Gasteiger partial charge in [0.2, 0.25) is 11.6 Å². The predicted molar refractivity (Wildman–Crippen MR) is 97.1 cm³/mol. The molecule has 0 aliphatic heterocycles. The second kappa shape index (κ2) is 7.77. The standard InChI is InChI=1S/C11H8N8O.C4H11NO3/c1-18-7-5-3-2-4-6(7)10-12-8(9-13-16-17-14-9)15-19(10)11(18)20;5-4(1-6,2-7)3-8/h2-5H,1H3,(H,13,14,16,17);6-8H,1-3,5H2. The number of H-pyrrole nitrogens is 1. The Bertz CT molecular complexity index is 1120. The monoisotopic (exact) mass is 389 g/mol. The molecule has 0 fully saturated rings. The quantitative estimate of drug-likeness (QED) is 0.247. The first-order valence-electron chi connectivity index (χ1n) is 8.14. The van der Waals surface area contributed by atoms with Gasteiger partial charge in [0.15, 0.2) is 5.65 Å². The number of aromatic amines is 1. The Balaban J connectivity index is 0.000000242. The minimum Gasteiger partial charge on any atom is -0.394 e. The van der Waals surface area contributed by atoms with Crippen LogP contribution in [-0.2, 0) is 7.05 Å². The van der Waals surface area contributed by atoms with Crippen molar-refractivity contribution in [1.82, 2.24) is 39.8 Å². The molecule has 4 aromatic rings. The molecular weight excluding hydrogens is 370 g/mol. The molecule has 0 radical (unpaired) electrons. The van der Waals surface area contributed by atoms with Crippen molar-refractivity contribution >= 4 is 16.6 Å². The highest BCUT2D eigenvalue weighted by Crippen LogP contribution is 2.18. The van der Waals surface area contributed by atoms with Crippen molar-refractivity contribution in [2.24, 2.45) is 12.8 Å². The predicted octanol–water partition coefficient (Wildman–Crippen LogP) is -2.58. The molecule has 0 spiro atoms. The molecule has 28 heavy (non-hydrogen) atoms. The van der Waals surface area contributed by atoms with E-state index < -0.39 is 25.4 Å². The van der Waals surface area contributed by atoms with Crippen LogP contribution in [0.5, 0.6) is 0 Å². The van der Waals surface area contributed by atoms with Crippen LogP contribution in [0.15, 0.2) is 29.1 Å². The maximum absolute atomic E-state index is 12.3. The molecule has 0 bridgehead atoms. The molecule has 0 saturated heterocycles. The Kier molecular flexibility index (Phi) is 5.41. The Labute approximate surface area is 157 Å². The van der Waals surface area contributed by atoms with E-state index in [1.54, 1.807) is 7.05 Å². The maximum Gasteiger partial charge on any atom is 0.350 e. The van der Waals surface area contributed by atoms with Crippen molar-refractivity contribution in [1.29, 1.82) is 0 Å². The summed E-state index contributed by atoms with van der Waals surface area (Å²) >= 11 is 0. The summed E-state index contributed by atoms with van der Waals surface area (Å²) < 4.78 is 2.77. The minimum atomic E-state index is -1.21. The van der Waals surface area contributed by atoms with Crippen LogP contribution < -0.4 is 11.4 Å². The number of nitrogens with one attached hydrogen (secondary N) is 1. The lowest BCUT2D eigenvalue weighted by Gasteiger charge is -2.20. The van der Waals surface area contributed by atoms with E-state index in [1.807, 2.05) is 24.3 Å². The van der Waals surface area contributed by atoms with E-state index in [0.29, 0.717) is 5.65 Å². The lowest BCUT2D eigenvalue weighted by atomic mass is 10.1. The molecule has 13 heteroatoms. The topological polar surface area (TPSA) is 193 Å². The van der Waals surface area contributed by atoms with E-state index in [-0.39, 0.29) is 17.3 Å². The molecule has 0 amide bonds. The number of aliphatic hydroxyl groups excluding tert-OH is 3. The lowest BCUT2D eigenvalue weighted by molar-refractivity contribution is 0.0698. The molecular formula is C15H19N9O4. The lowest BCUT2D eigenvalue weighted by Crippen LogP contribution is -2.50. The van der Waals surface area contributed by atoms with E-state index in [1.165, 1.54) is 9.08 Å². The summed E-state index contributed by atoms with van der Waals surface area (Å²) in [5, 5.41) is 43.4. The third-order valence-electron chi connectivity index (χ3n) is 4.07. The molecule has 148 valence electrons. The number of aliphatic hydroxyl groups is 3. The third-order valence-corrected chi connectivity index (χ3v) is 4.07. The van der Waals surface area contributed by atoms with Gasteiger partial charge in [0.05, 0.1) is 30.9 Å². The third kappa shape index (κ3) is 3.46. The van der Waals surface area contributed by atoms with Gasteiger partial charge in [0.25, 0.3) is 0 Å². The molecule has 0 saturated carbocycles. The van der Waals surface area contributed by atoms with Crippen molar-refractivity contribution in [2.75, 3.05) is 19.8 Å². The smallest absolute Gasteiger partial charge is 0.350 e. The fraction of sp³-hybridized carbons (Fsp3) is 0.333. The van der Waals surface area contributed by atoms with Crippen molar-refractivity contribution in [3.8, 4) is 11.6 Å². The molecule has 3 heterocycles. The number of nitrogens with two attached hydrogens (primary N) is 1. The molecule has 1 aromatic carbocycles. The van der Waals surface area contributed by atoms with Crippen LogP contribution in [0.2, 0.25) is 0 Å². The first-order valence-corrected chi connectivity index (χ1v) is 8.14. The van der Waals surface area contributed by atoms with Crippen LogP contribution in [0.1, 0.15) is 0 Å². The summed E-state index contributed by atoms with van der Waals surface area (Å²) in [7, 11) is 1.69. The van der Waals surface area contributed by atoms with Gasteiger partial charge in [-0.25, -0.2) is 9.78 Å². The highest BCUT2D eigenvalue weighted by molar-refractivity contribution is 5.91. The van der Waals surface area contributed by atoms with Crippen LogP contribution >= 0.6 is 0 Å². The van der Waals surface area contributed by atoms with Crippen LogP contribution in [0.3, 0.4) is 0 Å². The van der Waals surface area contributed by atoms with E-state index in [9.17, 15) is 4.79 Å². The number of rotatable bonds is 4. The van der Waals surface area contributed by atoms with E-state index >= 15 is 0 Å². The number of hydrogen-bond donors (Lipinski definition) is 5. The van der Waals surface area contributed by atoms with Gasteiger partial charge in [-0.3, -0.25) is 4.57 Å². The number of para-hydroxylation sites is 1. The van der Waals surface area contributed by atoms with Gasteiger partial charge in [0.1, 0.15) is 0 Å². The number of tetrazole rings is 1. The van der Waals surface area contributed by atoms with Crippen molar-refractivity contribution < 1.29 is 15.3 Å². The molecule has 3 aromatic heterocycles. The number of fused-ring (bicyclic) bond motifs is 3. The Morgan fingerprint density at radius 1 is 1.14 bits per heavy atom. The molecule has 4 rings (SSSR count). The highest BCUT2D eigenvalue weighted by atomic mass is 16.3. The zero-order valence-corrected chi connectivity index (χ0v) is 14.9. The van der Waals surface area contributed by atoms with Crippen LogP contribution in [0.4, 0.5) is 0 Å². The fourth-order valence-electron chi connectivity index (χ4n) is 2.32. The Hall–Kier alpha value is -3.26. The molecule has 0 aliphatic carbocycles. The summed E-state index contributed by atoms with van der Waals surface area (Å²) in [5.74, 6) is 0.507. The maximum atomic E-state index is 12.3. The van der Waals surface area contributed by atoms with Crippen LogP contribution in [-0.4, -0.2) is 80.5 Å². The van der Waals surface area contributed by atoms with Gasteiger partial charge in [-0.1, -0.05) is 12.1 Å². The number of nitrogens with zero attached hydrogens (tertiary/aromatic N) is 7. The van der Waals surface area contributed by atoms with Crippen molar-refractivity contribution in [3.63, 3.8) is 0 Å². The Morgan fingerprint density at radius 2 is 1.82 bits per heavy atom.